The summed E-state index contributed by atoms with van der Waals surface area (Å²) in [5.41, 5.74) is -0.314. The van der Waals surface area contributed by atoms with E-state index in [0.29, 0.717) is 0 Å². The number of nitrogens with zero attached hydrogens (tertiary/aromatic N) is 1. The summed E-state index contributed by atoms with van der Waals surface area (Å²) in [6, 6.07) is 0. The molecular weight excluding hydrogens is 163 g/mol. The molecule has 2 N–H and O–H groups in total. The molecule has 0 fully saturated rings. The zero-order chi connectivity index (χ0) is 9.30. The Labute approximate surface area is 68.4 Å². The zero-order valence-electron chi connectivity index (χ0n) is 6.76. The number of hydrogen-bond donors (Lipinski definition) is 2. The Bertz CT molecular complexity index is 306. The van der Waals surface area contributed by atoms with Crippen molar-refractivity contribution in [3.8, 4) is 0 Å². The van der Waals surface area contributed by atoms with Crippen LogP contribution in [0.4, 0.5) is 4.39 Å². The van der Waals surface area contributed by atoms with Gasteiger partial charge in [0.25, 0.3) is 0 Å². The number of nitrogens with one attached hydrogen (secondary N) is 1. The Kier molecular flexibility index (Phi) is 2.12. The first-order valence-corrected chi connectivity index (χ1v) is 3.51. The summed E-state index contributed by atoms with van der Waals surface area (Å²) in [4.78, 5) is 10.3. The van der Waals surface area contributed by atoms with E-state index in [2.05, 4.69) is 10.2 Å². The summed E-state index contributed by atoms with van der Waals surface area (Å²) in [5, 5.41) is 14.1. The molecule has 0 amide bonds. The van der Waals surface area contributed by atoms with E-state index in [9.17, 15) is 9.18 Å². The molecule has 0 atom stereocenters. The molecule has 0 radical (unpaired) electrons. The van der Waals surface area contributed by atoms with Crippen LogP contribution in [0, 0.1) is 5.82 Å². The average Bonchev–Trinajstić information content (AvgIpc) is 2.30. The van der Waals surface area contributed by atoms with Gasteiger partial charge in [-0.15, -0.1) is 0 Å². The summed E-state index contributed by atoms with van der Waals surface area (Å²) in [6.45, 7) is 3.48. The summed E-state index contributed by atoms with van der Waals surface area (Å²) >= 11 is 0. The van der Waals surface area contributed by atoms with Crippen LogP contribution >= 0.6 is 0 Å². The largest absolute Gasteiger partial charge is 0.476 e. The van der Waals surface area contributed by atoms with Gasteiger partial charge in [0.05, 0.1) is 0 Å². The van der Waals surface area contributed by atoms with Crippen molar-refractivity contribution in [1.82, 2.24) is 10.2 Å². The monoisotopic (exact) mass is 172 g/mol. The fourth-order valence-electron chi connectivity index (χ4n) is 0.867. The fraction of sp³-hybridized carbons (Fsp3) is 0.429. The highest BCUT2D eigenvalue weighted by molar-refractivity contribution is 5.85. The minimum Gasteiger partial charge on any atom is -0.476 e. The van der Waals surface area contributed by atoms with Gasteiger partial charge in [-0.25, -0.2) is 9.18 Å². The molecule has 0 unspecified atom stereocenters. The molecule has 0 saturated heterocycles. The highest BCUT2D eigenvalue weighted by atomic mass is 19.1. The lowest BCUT2D eigenvalue weighted by Crippen LogP contribution is -2.00. The Morgan fingerprint density at radius 1 is 1.67 bits per heavy atom. The molecule has 0 aliphatic rings. The van der Waals surface area contributed by atoms with Crippen LogP contribution in [0.25, 0.3) is 0 Å². The summed E-state index contributed by atoms with van der Waals surface area (Å²) in [5.74, 6) is -2.21. The number of aromatic carboxylic acids is 1. The molecular formula is C7H9FN2O2. The second-order valence-electron chi connectivity index (χ2n) is 2.76. The number of aromatic amines is 1. The van der Waals surface area contributed by atoms with Crippen molar-refractivity contribution >= 4 is 5.97 Å². The van der Waals surface area contributed by atoms with Gasteiger partial charge < -0.3 is 5.11 Å². The quantitative estimate of drug-likeness (QED) is 0.708. The number of carboxylic acid groups (broad SMARTS) is 1. The van der Waals surface area contributed by atoms with Crippen LogP contribution in [-0.2, 0) is 0 Å². The third-order valence-corrected chi connectivity index (χ3v) is 1.49. The van der Waals surface area contributed by atoms with E-state index in [0.717, 1.165) is 0 Å². The van der Waals surface area contributed by atoms with Gasteiger partial charge in [-0.3, -0.25) is 5.10 Å². The Hall–Kier alpha value is -1.39. The van der Waals surface area contributed by atoms with E-state index in [1.54, 1.807) is 13.8 Å². The molecule has 0 aromatic carbocycles. The third-order valence-electron chi connectivity index (χ3n) is 1.49. The SMILES string of the molecule is CC(C)c1n[nH]c(C(=O)O)c1F. The lowest BCUT2D eigenvalue weighted by molar-refractivity contribution is 0.0685. The minimum atomic E-state index is -1.33. The highest BCUT2D eigenvalue weighted by Gasteiger charge is 2.19. The Morgan fingerprint density at radius 3 is 2.50 bits per heavy atom. The summed E-state index contributed by atoms with van der Waals surface area (Å²) in [7, 11) is 0. The van der Waals surface area contributed by atoms with E-state index in [1.807, 2.05) is 0 Å². The van der Waals surface area contributed by atoms with Crippen LogP contribution in [0.5, 0.6) is 0 Å². The molecule has 0 spiro atoms. The standard InChI is InChI=1S/C7H9FN2O2/c1-3(2)5-4(8)6(7(11)12)10-9-5/h3H,1-2H3,(H,9,10)(H,11,12). The lowest BCUT2D eigenvalue weighted by Gasteiger charge is -1.96. The van der Waals surface area contributed by atoms with Gasteiger partial charge in [-0.1, -0.05) is 13.8 Å². The molecule has 66 valence electrons. The first kappa shape index (κ1) is 8.70. The van der Waals surface area contributed by atoms with Gasteiger partial charge in [-0.05, 0) is 0 Å². The summed E-state index contributed by atoms with van der Waals surface area (Å²) in [6.07, 6.45) is 0. The minimum absolute atomic E-state index is 0.116. The molecule has 4 nitrogen and oxygen atoms in total. The van der Waals surface area contributed by atoms with Gasteiger partial charge in [0.15, 0.2) is 11.5 Å². The van der Waals surface area contributed by atoms with Crippen LogP contribution in [0.1, 0.15) is 35.9 Å². The third kappa shape index (κ3) is 1.30. The van der Waals surface area contributed by atoms with Gasteiger partial charge in [0, 0.05) is 5.92 Å². The van der Waals surface area contributed by atoms with Gasteiger partial charge in [0.2, 0.25) is 0 Å². The molecule has 0 saturated carbocycles. The first-order valence-electron chi connectivity index (χ1n) is 3.51. The molecule has 12 heavy (non-hydrogen) atoms. The van der Waals surface area contributed by atoms with Crippen molar-refractivity contribution in [2.24, 2.45) is 0 Å². The molecule has 1 aromatic heterocycles. The van der Waals surface area contributed by atoms with E-state index >= 15 is 0 Å². The predicted octanol–water partition coefficient (Wildman–Crippen LogP) is 1.37. The van der Waals surface area contributed by atoms with Crippen LogP contribution in [-0.4, -0.2) is 21.3 Å². The number of H-pyrrole nitrogens is 1. The zero-order valence-corrected chi connectivity index (χ0v) is 6.76. The van der Waals surface area contributed by atoms with E-state index in [4.69, 9.17) is 5.11 Å². The van der Waals surface area contributed by atoms with Crippen molar-refractivity contribution in [1.29, 1.82) is 0 Å². The van der Waals surface area contributed by atoms with Crippen molar-refractivity contribution in [3.63, 3.8) is 0 Å². The Balaban J connectivity index is 3.13. The molecule has 0 bridgehead atoms. The fourth-order valence-corrected chi connectivity index (χ4v) is 0.867. The van der Waals surface area contributed by atoms with Crippen LogP contribution in [0.15, 0.2) is 0 Å². The molecule has 0 aliphatic heterocycles. The number of aromatic nitrogens is 2. The number of hydrogen-bond acceptors (Lipinski definition) is 2. The van der Waals surface area contributed by atoms with Gasteiger partial charge >= 0.3 is 5.97 Å². The maximum absolute atomic E-state index is 13.1. The first-order chi connectivity index (χ1) is 5.54. The van der Waals surface area contributed by atoms with Crippen LogP contribution in [0.2, 0.25) is 0 Å². The van der Waals surface area contributed by atoms with Crippen molar-refractivity contribution in [3.05, 3.63) is 17.2 Å². The number of carboxylic acids is 1. The smallest absolute Gasteiger partial charge is 0.357 e. The van der Waals surface area contributed by atoms with Gasteiger partial charge in [0.1, 0.15) is 5.69 Å². The van der Waals surface area contributed by atoms with Crippen LogP contribution in [0.3, 0.4) is 0 Å². The molecule has 1 heterocycles. The maximum Gasteiger partial charge on any atom is 0.357 e. The second-order valence-corrected chi connectivity index (χ2v) is 2.76. The van der Waals surface area contributed by atoms with E-state index in [-0.39, 0.29) is 11.6 Å². The number of rotatable bonds is 2. The summed E-state index contributed by atoms with van der Waals surface area (Å²) < 4.78 is 13.1. The van der Waals surface area contributed by atoms with Crippen molar-refractivity contribution in [2.75, 3.05) is 0 Å². The van der Waals surface area contributed by atoms with Crippen LogP contribution < -0.4 is 0 Å². The second kappa shape index (κ2) is 2.92. The van der Waals surface area contributed by atoms with Gasteiger partial charge in [-0.2, -0.15) is 5.10 Å². The number of halogens is 1. The normalized spacial score (nSPS) is 10.7. The maximum atomic E-state index is 13.1. The number of carbonyl (C=O) groups is 1. The van der Waals surface area contributed by atoms with Crippen molar-refractivity contribution in [2.45, 2.75) is 19.8 Å². The van der Waals surface area contributed by atoms with Crippen molar-refractivity contribution < 1.29 is 14.3 Å². The molecule has 1 aromatic rings. The van der Waals surface area contributed by atoms with E-state index < -0.39 is 17.5 Å². The predicted molar refractivity (Wildman–Crippen MR) is 39.6 cm³/mol. The van der Waals surface area contributed by atoms with E-state index in [1.165, 1.54) is 0 Å². The lowest BCUT2D eigenvalue weighted by atomic mass is 10.1. The molecule has 1 rings (SSSR count). The Morgan fingerprint density at radius 2 is 2.25 bits per heavy atom. The molecule has 5 heteroatoms. The molecule has 0 aliphatic carbocycles. The average molecular weight is 172 g/mol. The highest BCUT2D eigenvalue weighted by Crippen LogP contribution is 2.17. The topological polar surface area (TPSA) is 66.0 Å².